The summed E-state index contributed by atoms with van der Waals surface area (Å²) in [5.74, 6) is 1.29. The quantitative estimate of drug-likeness (QED) is 0.307. The van der Waals surface area contributed by atoms with Crippen molar-refractivity contribution in [2.45, 2.75) is 11.7 Å². The zero-order valence-corrected chi connectivity index (χ0v) is 17.5. The molecule has 5 aromatic rings. The lowest BCUT2D eigenvalue weighted by Crippen LogP contribution is -2.00. The highest BCUT2D eigenvalue weighted by Crippen LogP contribution is 2.33. The minimum Gasteiger partial charge on any atom is -0.459 e. The number of thioether (sulfide) groups is 1. The number of fused-ring (bicyclic) bond motifs is 1. The zero-order chi connectivity index (χ0) is 21.2. The van der Waals surface area contributed by atoms with Crippen molar-refractivity contribution in [3.63, 3.8) is 0 Å². The SMILES string of the molecule is CSc1nc(-c2ccnc(NCc3cc4ccccc4o3)c2)c(-c2ccc(F)cc2)[nH]1. The van der Waals surface area contributed by atoms with Crippen LogP contribution in [-0.2, 0) is 6.54 Å². The minimum atomic E-state index is -0.268. The number of imidazole rings is 1. The van der Waals surface area contributed by atoms with E-state index in [-0.39, 0.29) is 5.82 Å². The van der Waals surface area contributed by atoms with Crippen molar-refractivity contribution in [3.05, 3.63) is 84.5 Å². The Kier molecular flexibility index (Phi) is 5.18. The molecule has 154 valence electrons. The van der Waals surface area contributed by atoms with E-state index in [1.54, 1.807) is 18.3 Å². The van der Waals surface area contributed by atoms with Crippen molar-refractivity contribution in [2.24, 2.45) is 0 Å². The van der Waals surface area contributed by atoms with Crippen molar-refractivity contribution in [1.82, 2.24) is 15.0 Å². The third-order valence-corrected chi connectivity index (χ3v) is 5.54. The largest absolute Gasteiger partial charge is 0.459 e. The zero-order valence-electron chi connectivity index (χ0n) is 16.7. The fourth-order valence-corrected chi connectivity index (χ4v) is 3.85. The van der Waals surface area contributed by atoms with Gasteiger partial charge in [-0.2, -0.15) is 0 Å². The van der Waals surface area contributed by atoms with Gasteiger partial charge in [-0.15, -0.1) is 0 Å². The first-order chi connectivity index (χ1) is 15.2. The summed E-state index contributed by atoms with van der Waals surface area (Å²) < 4.78 is 19.3. The topological polar surface area (TPSA) is 66.7 Å². The molecule has 0 aliphatic carbocycles. The van der Waals surface area contributed by atoms with Crippen molar-refractivity contribution >= 4 is 28.5 Å². The molecule has 0 bridgehead atoms. The Balaban J connectivity index is 1.43. The molecule has 2 N–H and O–H groups in total. The van der Waals surface area contributed by atoms with E-state index in [0.717, 1.165) is 50.2 Å². The second-order valence-electron chi connectivity index (χ2n) is 7.01. The van der Waals surface area contributed by atoms with E-state index in [0.29, 0.717) is 6.54 Å². The highest BCUT2D eigenvalue weighted by Gasteiger charge is 2.15. The number of anilines is 1. The molecule has 0 saturated carbocycles. The molecular weight excluding hydrogens is 411 g/mol. The van der Waals surface area contributed by atoms with Crippen LogP contribution in [0.15, 0.2) is 82.5 Å². The smallest absolute Gasteiger partial charge is 0.166 e. The molecule has 3 aromatic heterocycles. The number of hydrogen-bond donors (Lipinski definition) is 2. The van der Waals surface area contributed by atoms with E-state index in [1.807, 2.05) is 48.7 Å². The monoisotopic (exact) mass is 430 g/mol. The van der Waals surface area contributed by atoms with Gasteiger partial charge in [0, 0.05) is 22.7 Å². The Bertz CT molecular complexity index is 1310. The predicted molar refractivity (Wildman–Crippen MR) is 123 cm³/mol. The van der Waals surface area contributed by atoms with Crippen LogP contribution in [0.3, 0.4) is 0 Å². The van der Waals surface area contributed by atoms with Gasteiger partial charge in [-0.1, -0.05) is 30.0 Å². The lowest BCUT2D eigenvalue weighted by molar-refractivity contribution is 0.559. The summed E-state index contributed by atoms with van der Waals surface area (Å²) in [5.41, 5.74) is 4.30. The maximum absolute atomic E-state index is 13.4. The fourth-order valence-electron chi connectivity index (χ4n) is 3.46. The van der Waals surface area contributed by atoms with E-state index in [2.05, 4.69) is 15.3 Å². The number of benzene rings is 2. The number of aromatic nitrogens is 3. The van der Waals surface area contributed by atoms with Gasteiger partial charge < -0.3 is 14.7 Å². The summed E-state index contributed by atoms with van der Waals surface area (Å²) in [6, 6.07) is 20.2. The Morgan fingerprint density at radius 3 is 2.68 bits per heavy atom. The lowest BCUT2D eigenvalue weighted by atomic mass is 10.1. The molecule has 2 aromatic carbocycles. The van der Waals surface area contributed by atoms with Crippen molar-refractivity contribution in [2.75, 3.05) is 11.6 Å². The molecule has 0 aliphatic heterocycles. The molecule has 7 heteroatoms. The molecule has 0 saturated heterocycles. The van der Waals surface area contributed by atoms with Gasteiger partial charge in [-0.3, -0.25) is 0 Å². The number of halogens is 1. The van der Waals surface area contributed by atoms with Gasteiger partial charge in [0.1, 0.15) is 23.0 Å². The number of aromatic amines is 1. The van der Waals surface area contributed by atoms with Crippen molar-refractivity contribution in [3.8, 4) is 22.5 Å². The molecule has 0 amide bonds. The van der Waals surface area contributed by atoms with Crippen LogP contribution in [0.1, 0.15) is 5.76 Å². The standard InChI is InChI=1S/C24H19FN4OS/c1-31-24-28-22(15-6-8-18(25)9-7-15)23(29-24)17-10-11-26-21(13-17)27-14-19-12-16-4-2-3-5-20(16)30-19/h2-13H,14H2,1H3,(H,26,27)(H,28,29). The Hall–Kier alpha value is -3.58. The summed E-state index contributed by atoms with van der Waals surface area (Å²) in [5, 5.41) is 5.19. The molecule has 5 nitrogen and oxygen atoms in total. The Labute approximate surface area is 182 Å². The van der Waals surface area contributed by atoms with E-state index < -0.39 is 0 Å². The van der Waals surface area contributed by atoms with Gasteiger partial charge in [0.05, 0.1) is 17.9 Å². The number of nitrogens with zero attached hydrogens (tertiary/aromatic N) is 2. The van der Waals surface area contributed by atoms with Crippen LogP contribution in [0.4, 0.5) is 10.2 Å². The van der Waals surface area contributed by atoms with Crippen LogP contribution >= 0.6 is 11.8 Å². The molecule has 5 rings (SSSR count). The lowest BCUT2D eigenvalue weighted by Gasteiger charge is -2.07. The molecule has 0 aliphatic rings. The van der Waals surface area contributed by atoms with Crippen molar-refractivity contribution in [1.29, 1.82) is 0 Å². The van der Waals surface area contributed by atoms with Crippen LogP contribution in [-0.4, -0.2) is 21.2 Å². The number of furan rings is 1. The maximum atomic E-state index is 13.4. The number of para-hydroxylation sites is 1. The van der Waals surface area contributed by atoms with Crippen LogP contribution < -0.4 is 5.32 Å². The highest BCUT2D eigenvalue weighted by molar-refractivity contribution is 7.98. The number of H-pyrrole nitrogens is 1. The highest BCUT2D eigenvalue weighted by atomic mass is 32.2. The molecule has 31 heavy (non-hydrogen) atoms. The Morgan fingerprint density at radius 1 is 1.03 bits per heavy atom. The molecule has 0 unspecified atom stereocenters. The Morgan fingerprint density at radius 2 is 1.87 bits per heavy atom. The van der Waals surface area contributed by atoms with E-state index in [9.17, 15) is 4.39 Å². The molecule has 0 radical (unpaired) electrons. The third-order valence-electron chi connectivity index (χ3n) is 4.96. The predicted octanol–water partition coefficient (Wildman–Crippen LogP) is 6.36. The normalized spacial score (nSPS) is 11.2. The van der Waals surface area contributed by atoms with Crippen LogP contribution in [0.2, 0.25) is 0 Å². The van der Waals surface area contributed by atoms with Crippen molar-refractivity contribution < 1.29 is 8.81 Å². The van der Waals surface area contributed by atoms with Crippen LogP contribution in [0, 0.1) is 5.82 Å². The summed E-state index contributed by atoms with van der Waals surface area (Å²) in [4.78, 5) is 12.5. The minimum absolute atomic E-state index is 0.268. The summed E-state index contributed by atoms with van der Waals surface area (Å²) in [6.07, 6.45) is 3.71. The third kappa shape index (κ3) is 4.04. The molecule has 0 fully saturated rings. The van der Waals surface area contributed by atoms with E-state index >= 15 is 0 Å². The average molecular weight is 431 g/mol. The van der Waals surface area contributed by atoms with Gasteiger partial charge in [0.2, 0.25) is 0 Å². The van der Waals surface area contributed by atoms with E-state index in [4.69, 9.17) is 9.40 Å². The maximum Gasteiger partial charge on any atom is 0.166 e. The van der Waals surface area contributed by atoms with E-state index in [1.165, 1.54) is 23.9 Å². The number of hydrogen-bond acceptors (Lipinski definition) is 5. The van der Waals surface area contributed by atoms with Gasteiger partial charge in [0.25, 0.3) is 0 Å². The first-order valence-corrected chi connectivity index (χ1v) is 11.0. The number of rotatable bonds is 6. The van der Waals surface area contributed by atoms with Gasteiger partial charge >= 0.3 is 0 Å². The second-order valence-corrected chi connectivity index (χ2v) is 7.81. The summed E-state index contributed by atoms with van der Waals surface area (Å²) in [6.45, 7) is 0.520. The van der Waals surface area contributed by atoms with Gasteiger partial charge in [-0.05, 0) is 54.8 Å². The summed E-state index contributed by atoms with van der Waals surface area (Å²) >= 11 is 1.53. The molecule has 0 spiro atoms. The first-order valence-electron chi connectivity index (χ1n) is 9.77. The van der Waals surface area contributed by atoms with Gasteiger partial charge in [0.15, 0.2) is 5.16 Å². The summed E-state index contributed by atoms with van der Waals surface area (Å²) in [7, 11) is 0. The molecule has 3 heterocycles. The van der Waals surface area contributed by atoms with Gasteiger partial charge in [-0.25, -0.2) is 14.4 Å². The molecule has 0 atom stereocenters. The average Bonchev–Trinajstić information content (AvgIpc) is 3.42. The van der Waals surface area contributed by atoms with Crippen LogP contribution in [0.25, 0.3) is 33.5 Å². The molecular formula is C24H19FN4OS. The number of nitrogens with one attached hydrogen (secondary N) is 2. The number of pyridine rings is 1. The fraction of sp³-hybridized carbons (Fsp3) is 0.0833. The first kappa shape index (κ1) is 19.4. The second kappa shape index (κ2) is 8.28. The van der Waals surface area contributed by atoms with Crippen LogP contribution in [0.5, 0.6) is 0 Å².